The summed E-state index contributed by atoms with van der Waals surface area (Å²) in [4.78, 5) is 14.6. The van der Waals surface area contributed by atoms with E-state index in [4.69, 9.17) is 0 Å². The highest BCUT2D eigenvalue weighted by Crippen LogP contribution is 2.21. The number of halogens is 2. The van der Waals surface area contributed by atoms with Crippen LogP contribution < -0.4 is 5.32 Å². The first kappa shape index (κ1) is 16.4. The van der Waals surface area contributed by atoms with Crippen molar-refractivity contribution in [1.29, 1.82) is 0 Å². The predicted molar refractivity (Wildman–Crippen MR) is 85.9 cm³/mol. The lowest BCUT2D eigenvalue weighted by molar-refractivity contribution is 0.0738. The molecule has 0 aromatic heterocycles. The maximum atomic E-state index is 13.2. The number of nitrogens with zero attached hydrogens (tertiary/aromatic N) is 1. The molecule has 5 heteroatoms. The van der Waals surface area contributed by atoms with Gasteiger partial charge in [-0.1, -0.05) is 13.3 Å². The topological polar surface area (TPSA) is 32.3 Å². The van der Waals surface area contributed by atoms with Crippen molar-refractivity contribution >= 4 is 21.8 Å². The Morgan fingerprint density at radius 1 is 1.52 bits per heavy atom. The van der Waals surface area contributed by atoms with Gasteiger partial charge in [-0.25, -0.2) is 4.39 Å². The number of nitrogens with one attached hydrogen (secondary N) is 1. The van der Waals surface area contributed by atoms with E-state index in [0.717, 1.165) is 38.9 Å². The van der Waals surface area contributed by atoms with Gasteiger partial charge in [0.15, 0.2) is 0 Å². The van der Waals surface area contributed by atoms with Crippen LogP contribution in [-0.4, -0.2) is 36.5 Å². The number of hydrogen-bond acceptors (Lipinski definition) is 2. The molecule has 1 aromatic rings. The molecule has 1 aromatic carbocycles. The zero-order chi connectivity index (χ0) is 15.2. The van der Waals surface area contributed by atoms with Gasteiger partial charge < -0.3 is 10.2 Å². The fourth-order valence-electron chi connectivity index (χ4n) is 2.64. The van der Waals surface area contributed by atoms with Crippen molar-refractivity contribution < 1.29 is 9.18 Å². The van der Waals surface area contributed by atoms with Gasteiger partial charge >= 0.3 is 0 Å². The maximum Gasteiger partial charge on any atom is 0.255 e. The second-order valence-electron chi connectivity index (χ2n) is 5.52. The molecule has 1 aliphatic rings. The fraction of sp³-hybridized carbons (Fsp3) is 0.562. The van der Waals surface area contributed by atoms with Crippen molar-refractivity contribution in [3.63, 3.8) is 0 Å². The van der Waals surface area contributed by atoms with Crippen molar-refractivity contribution in [3.05, 3.63) is 34.1 Å². The molecule has 0 aliphatic carbocycles. The molecule has 1 atom stereocenters. The van der Waals surface area contributed by atoms with E-state index in [1.807, 2.05) is 4.90 Å². The van der Waals surface area contributed by atoms with Crippen LogP contribution in [0, 0.1) is 5.82 Å². The van der Waals surface area contributed by atoms with Crippen LogP contribution in [-0.2, 0) is 0 Å². The first-order chi connectivity index (χ1) is 10.1. The van der Waals surface area contributed by atoms with E-state index in [2.05, 4.69) is 28.2 Å². The van der Waals surface area contributed by atoms with Gasteiger partial charge in [-0.3, -0.25) is 4.79 Å². The molecule has 0 radical (unpaired) electrons. The summed E-state index contributed by atoms with van der Waals surface area (Å²) in [5, 5.41) is 3.43. The first-order valence-corrected chi connectivity index (χ1v) is 8.39. The molecule has 1 heterocycles. The van der Waals surface area contributed by atoms with Crippen molar-refractivity contribution in [3.8, 4) is 0 Å². The summed E-state index contributed by atoms with van der Waals surface area (Å²) in [6, 6.07) is 4.62. The van der Waals surface area contributed by atoms with E-state index < -0.39 is 0 Å². The Labute approximate surface area is 134 Å². The summed E-state index contributed by atoms with van der Waals surface area (Å²) in [6.07, 6.45) is 4.31. The molecule has 1 aliphatic heterocycles. The molecule has 0 bridgehead atoms. The summed E-state index contributed by atoms with van der Waals surface area (Å²) in [7, 11) is 0. The van der Waals surface area contributed by atoms with Crippen molar-refractivity contribution in [2.75, 3.05) is 19.6 Å². The highest BCUT2D eigenvalue weighted by molar-refractivity contribution is 9.10. The maximum absolute atomic E-state index is 13.2. The van der Waals surface area contributed by atoms with Crippen LogP contribution in [0.5, 0.6) is 0 Å². The van der Waals surface area contributed by atoms with Crippen LogP contribution in [0.1, 0.15) is 43.0 Å². The highest BCUT2D eigenvalue weighted by atomic mass is 79.9. The van der Waals surface area contributed by atoms with E-state index in [9.17, 15) is 9.18 Å². The van der Waals surface area contributed by atoms with Crippen LogP contribution in [0.25, 0.3) is 0 Å². The second kappa shape index (κ2) is 7.90. The number of benzene rings is 1. The monoisotopic (exact) mass is 356 g/mol. The van der Waals surface area contributed by atoms with E-state index >= 15 is 0 Å². The molecule has 2 rings (SSSR count). The summed E-state index contributed by atoms with van der Waals surface area (Å²) >= 11 is 3.29. The third-order valence-electron chi connectivity index (χ3n) is 3.83. The minimum absolute atomic E-state index is 0.0241. The molecule has 3 nitrogen and oxygen atoms in total. The molecule has 0 spiro atoms. The lowest BCUT2D eigenvalue weighted by Gasteiger charge is -2.26. The van der Waals surface area contributed by atoms with Crippen molar-refractivity contribution in [2.24, 2.45) is 0 Å². The smallest absolute Gasteiger partial charge is 0.255 e. The van der Waals surface area contributed by atoms with Gasteiger partial charge in [0.25, 0.3) is 5.91 Å². The van der Waals surface area contributed by atoms with Gasteiger partial charge in [0, 0.05) is 23.6 Å². The third-order valence-corrected chi connectivity index (χ3v) is 4.49. The predicted octanol–water partition coefficient (Wildman–Crippen LogP) is 3.58. The van der Waals surface area contributed by atoms with Gasteiger partial charge in [0.2, 0.25) is 0 Å². The first-order valence-electron chi connectivity index (χ1n) is 7.59. The second-order valence-corrected chi connectivity index (χ2v) is 6.38. The van der Waals surface area contributed by atoms with Crippen LogP contribution in [0.15, 0.2) is 22.7 Å². The van der Waals surface area contributed by atoms with Gasteiger partial charge in [0.1, 0.15) is 5.82 Å². The minimum atomic E-state index is -0.337. The number of hydrogen-bond donors (Lipinski definition) is 1. The summed E-state index contributed by atoms with van der Waals surface area (Å²) in [6.45, 7) is 4.62. The van der Waals surface area contributed by atoms with Crippen molar-refractivity contribution in [2.45, 2.75) is 38.6 Å². The normalized spacial score (nSPS) is 18.0. The Hall–Kier alpha value is -0.940. The van der Waals surface area contributed by atoms with Gasteiger partial charge in [-0.2, -0.15) is 0 Å². The van der Waals surface area contributed by atoms with E-state index in [-0.39, 0.29) is 11.7 Å². The number of amides is 1. The van der Waals surface area contributed by atoms with Crippen molar-refractivity contribution in [1.82, 2.24) is 10.2 Å². The SMILES string of the molecule is CCCCN(CC1CCCN1)C(=O)c1ccc(F)cc1Br. The number of carbonyl (C=O) groups excluding carboxylic acids is 1. The molecular weight excluding hydrogens is 335 g/mol. The Balaban J connectivity index is 2.11. The molecule has 1 N–H and O–H groups in total. The third kappa shape index (κ3) is 4.51. The Kier molecular flexibility index (Phi) is 6.18. The number of carbonyl (C=O) groups is 1. The molecular formula is C16H22BrFN2O. The highest BCUT2D eigenvalue weighted by Gasteiger charge is 2.23. The molecule has 1 fully saturated rings. The van der Waals surface area contributed by atoms with Gasteiger partial charge in [-0.15, -0.1) is 0 Å². The Bertz CT molecular complexity index is 489. The zero-order valence-electron chi connectivity index (χ0n) is 12.4. The number of unbranched alkanes of at least 4 members (excludes halogenated alkanes) is 1. The molecule has 0 saturated carbocycles. The average Bonchev–Trinajstić information content (AvgIpc) is 2.95. The zero-order valence-corrected chi connectivity index (χ0v) is 14.0. The molecule has 1 amide bonds. The van der Waals surface area contributed by atoms with Crippen LogP contribution >= 0.6 is 15.9 Å². The Morgan fingerprint density at radius 2 is 2.33 bits per heavy atom. The standard InChI is InChI=1S/C16H22BrFN2O/c1-2-3-9-20(11-13-5-4-8-19-13)16(21)14-7-6-12(18)10-15(14)17/h6-7,10,13,19H,2-5,8-9,11H2,1H3. The molecule has 116 valence electrons. The van der Waals surface area contributed by atoms with E-state index in [0.29, 0.717) is 16.1 Å². The minimum Gasteiger partial charge on any atom is -0.337 e. The average molecular weight is 357 g/mol. The van der Waals surface area contributed by atoms with Gasteiger partial charge in [-0.05, 0) is 59.9 Å². The summed E-state index contributed by atoms with van der Waals surface area (Å²) in [5.74, 6) is -0.361. The summed E-state index contributed by atoms with van der Waals surface area (Å²) < 4.78 is 13.7. The fourth-order valence-corrected chi connectivity index (χ4v) is 3.16. The lowest BCUT2D eigenvalue weighted by atomic mass is 10.1. The molecule has 21 heavy (non-hydrogen) atoms. The van der Waals surface area contributed by atoms with E-state index in [1.165, 1.54) is 18.6 Å². The molecule has 1 saturated heterocycles. The quantitative estimate of drug-likeness (QED) is 0.844. The molecule has 1 unspecified atom stereocenters. The van der Waals surface area contributed by atoms with Crippen LogP contribution in [0.4, 0.5) is 4.39 Å². The Morgan fingerprint density at radius 3 is 2.95 bits per heavy atom. The summed E-state index contributed by atoms with van der Waals surface area (Å²) in [5.41, 5.74) is 0.533. The van der Waals surface area contributed by atoms with Crippen LogP contribution in [0.2, 0.25) is 0 Å². The van der Waals surface area contributed by atoms with Crippen LogP contribution in [0.3, 0.4) is 0 Å². The van der Waals surface area contributed by atoms with E-state index in [1.54, 1.807) is 6.07 Å². The lowest BCUT2D eigenvalue weighted by Crippen LogP contribution is -2.41. The largest absolute Gasteiger partial charge is 0.337 e. The number of rotatable bonds is 6. The van der Waals surface area contributed by atoms with Gasteiger partial charge in [0.05, 0.1) is 5.56 Å².